The Morgan fingerprint density at radius 1 is 1.20 bits per heavy atom. The first-order chi connectivity index (χ1) is 9.69. The van der Waals surface area contributed by atoms with Gasteiger partial charge in [-0.1, -0.05) is 17.9 Å². The molecule has 1 amide bonds. The maximum absolute atomic E-state index is 12.8. The highest BCUT2D eigenvalue weighted by Crippen LogP contribution is 2.11. The van der Waals surface area contributed by atoms with E-state index in [4.69, 9.17) is 5.73 Å². The average Bonchev–Trinajstić information content (AvgIpc) is 2.48. The molecule has 0 spiro atoms. The van der Waals surface area contributed by atoms with Crippen molar-refractivity contribution < 1.29 is 9.18 Å². The van der Waals surface area contributed by atoms with Gasteiger partial charge < -0.3 is 11.1 Å². The second-order valence-corrected chi connectivity index (χ2v) is 4.05. The van der Waals surface area contributed by atoms with Crippen molar-refractivity contribution in [3.05, 3.63) is 65.5 Å². The molecule has 0 heterocycles. The van der Waals surface area contributed by atoms with Gasteiger partial charge in [-0.2, -0.15) is 0 Å². The first-order valence-corrected chi connectivity index (χ1v) is 6.05. The Morgan fingerprint density at radius 2 is 1.95 bits per heavy atom. The monoisotopic (exact) mass is 268 g/mol. The molecule has 4 heteroatoms. The van der Waals surface area contributed by atoms with Crippen molar-refractivity contribution in [3.8, 4) is 11.8 Å². The number of carbonyl (C=O) groups excluding carboxylic acids is 1. The highest BCUT2D eigenvalue weighted by Gasteiger charge is 2.06. The Morgan fingerprint density at radius 3 is 2.65 bits per heavy atom. The van der Waals surface area contributed by atoms with E-state index in [2.05, 4.69) is 17.2 Å². The Bertz CT molecular complexity index is 669. The minimum atomic E-state index is -0.345. The first-order valence-electron chi connectivity index (χ1n) is 6.05. The SMILES string of the molecule is NCC#Cc1cccc(C(=O)Nc2ccc(F)cc2)c1. The summed E-state index contributed by atoms with van der Waals surface area (Å²) in [6, 6.07) is 12.5. The van der Waals surface area contributed by atoms with Crippen LogP contribution in [-0.4, -0.2) is 12.5 Å². The molecular weight excluding hydrogens is 255 g/mol. The molecule has 0 saturated carbocycles. The Labute approximate surface area is 116 Å². The lowest BCUT2D eigenvalue weighted by Gasteiger charge is -2.05. The smallest absolute Gasteiger partial charge is 0.255 e. The van der Waals surface area contributed by atoms with Crippen LogP contribution in [0.15, 0.2) is 48.5 Å². The van der Waals surface area contributed by atoms with Gasteiger partial charge in [-0.15, -0.1) is 0 Å². The third-order valence-electron chi connectivity index (χ3n) is 2.56. The first kappa shape index (κ1) is 13.8. The summed E-state index contributed by atoms with van der Waals surface area (Å²) in [5.41, 5.74) is 7.05. The Balaban J connectivity index is 2.14. The molecule has 0 aliphatic carbocycles. The van der Waals surface area contributed by atoms with Crippen LogP contribution in [0, 0.1) is 17.7 Å². The van der Waals surface area contributed by atoms with Gasteiger partial charge in [0.2, 0.25) is 0 Å². The van der Waals surface area contributed by atoms with Crippen molar-refractivity contribution >= 4 is 11.6 Å². The number of hydrogen-bond acceptors (Lipinski definition) is 2. The molecule has 3 nitrogen and oxygen atoms in total. The molecule has 0 unspecified atom stereocenters. The molecule has 20 heavy (non-hydrogen) atoms. The number of nitrogens with one attached hydrogen (secondary N) is 1. The van der Waals surface area contributed by atoms with Gasteiger partial charge in [0.05, 0.1) is 6.54 Å². The van der Waals surface area contributed by atoms with Crippen LogP contribution in [0.5, 0.6) is 0 Å². The van der Waals surface area contributed by atoms with E-state index in [1.165, 1.54) is 24.3 Å². The summed E-state index contributed by atoms with van der Waals surface area (Å²) < 4.78 is 12.8. The Kier molecular flexibility index (Phi) is 4.48. The van der Waals surface area contributed by atoms with E-state index in [1.54, 1.807) is 24.3 Å². The summed E-state index contributed by atoms with van der Waals surface area (Å²) in [6.07, 6.45) is 0. The molecule has 0 aliphatic heterocycles. The fraction of sp³-hybridized carbons (Fsp3) is 0.0625. The van der Waals surface area contributed by atoms with Crippen LogP contribution < -0.4 is 11.1 Å². The van der Waals surface area contributed by atoms with Crippen LogP contribution in [0.25, 0.3) is 0 Å². The van der Waals surface area contributed by atoms with Crippen LogP contribution in [-0.2, 0) is 0 Å². The number of nitrogens with two attached hydrogens (primary N) is 1. The van der Waals surface area contributed by atoms with Crippen LogP contribution in [0.3, 0.4) is 0 Å². The average molecular weight is 268 g/mol. The fourth-order valence-electron chi connectivity index (χ4n) is 1.63. The predicted molar refractivity (Wildman–Crippen MR) is 76.7 cm³/mol. The van der Waals surface area contributed by atoms with Gasteiger partial charge in [-0.25, -0.2) is 4.39 Å². The lowest BCUT2D eigenvalue weighted by Crippen LogP contribution is -2.11. The summed E-state index contributed by atoms with van der Waals surface area (Å²) in [5, 5.41) is 2.69. The number of halogens is 1. The molecule has 0 radical (unpaired) electrons. The molecule has 0 atom stereocenters. The van der Waals surface area contributed by atoms with Crippen molar-refractivity contribution in [3.63, 3.8) is 0 Å². The molecular formula is C16H13FN2O. The van der Waals surface area contributed by atoms with Gasteiger partial charge in [0.25, 0.3) is 5.91 Å². The highest BCUT2D eigenvalue weighted by molar-refractivity contribution is 6.04. The lowest BCUT2D eigenvalue weighted by molar-refractivity contribution is 0.102. The molecule has 0 aromatic heterocycles. The minimum Gasteiger partial charge on any atom is -0.322 e. The van der Waals surface area contributed by atoms with E-state index >= 15 is 0 Å². The topological polar surface area (TPSA) is 55.1 Å². The molecule has 2 aromatic carbocycles. The van der Waals surface area contributed by atoms with E-state index in [0.29, 0.717) is 11.3 Å². The van der Waals surface area contributed by atoms with Gasteiger partial charge in [-0.3, -0.25) is 4.79 Å². The lowest BCUT2D eigenvalue weighted by atomic mass is 10.1. The van der Waals surface area contributed by atoms with Crippen LogP contribution in [0.1, 0.15) is 15.9 Å². The van der Waals surface area contributed by atoms with Gasteiger partial charge in [-0.05, 0) is 42.5 Å². The molecule has 2 rings (SSSR count). The minimum absolute atomic E-state index is 0.270. The number of rotatable bonds is 2. The quantitative estimate of drug-likeness (QED) is 0.822. The van der Waals surface area contributed by atoms with Crippen molar-refractivity contribution in [2.45, 2.75) is 0 Å². The fourth-order valence-corrected chi connectivity index (χ4v) is 1.63. The second kappa shape index (κ2) is 6.50. The second-order valence-electron chi connectivity index (χ2n) is 4.05. The molecule has 100 valence electrons. The van der Waals surface area contributed by atoms with Crippen LogP contribution >= 0.6 is 0 Å². The predicted octanol–water partition coefficient (Wildman–Crippen LogP) is 2.39. The maximum atomic E-state index is 12.8. The summed E-state index contributed by atoms with van der Waals surface area (Å²) in [7, 11) is 0. The van der Waals surface area contributed by atoms with E-state index in [0.717, 1.165) is 5.56 Å². The van der Waals surface area contributed by atoms with E-state index in [1.807, 2.05) is 0 Å². The molecule has 2 aromatic rings. The zero-order valence-electron chi connectivity index (χ0n) is 10.7. The number of amides is 1. The maximum Gasteiger partial charge on any atom is 0.255 e. The number of hydrogen-bond donors (Lipinski definition) is 2. The summed E-state index contributed by atoms with van der Waals surface area (Å²) in [4.78, 5) is 12.0. The van der Waals surface area contributed by atoms with Crippen molar-refractivity contribution in [1.82, 2.24) is 0 Å². The number of anilines is 1. The number of carbonyl (C=O) groups is 1. The van der Waals surface area contributed by atoms with E-state index in [9.17, 15) is 9.18 Å². The summed E-state index contributed by atoms with van der Waals surface area (Å²) >= 11 is 0. The van der Waals surface area contributed by atoms with Crippen molar-refractivity contribution in [2.75, 3.05) is 11.9 Å². The normalized spacial score (nSPS) is 9.50. The summed E-state index contributed by atoms with van der Waals surface area (Å²) in [6.45, 7) is 0.270. The molecule has 0 bridgehead atoms. The third kappa shape index (κ3) is 3.67. The van der Waals surface area contributed by atoms with Gasteiger partial charge in [0, 0.05) is 16.8 Å². The highest BCUT2D eigenvalue weighted by atomic mass is 19.1. The van der Waals surface area contributed by atoms with Crippen LogP contribution in [0.2, 0.25) is 0 Å². The van der Waals surface area contributed by atoms with Gasteiger partial charge in [0.15, 0.2) is 0 Å². The van der Waals surface area contributed by atoms with E-state index < -0.39 is 0 Å². The Hall–Kier alpha value is -2.64. The zero-order chi connectivity index (χ0) is 14.4. The third-order valence-corrected chi connectivity index (χ3v) is 2.56. The molecule has 0 fully saturated rings. The largest absolute Gasteiger partial charge is 0.322 e. The van der Waals surface area contributed by atoms with Gasteiger partial charge >= 0.3 is 0 Å². The van der Waals surface area contributed by atoms with Crippen LogP contribution in [0.4, 0.5) is 10.1 Å². The zero-order valence-corrected chi connectivity index (χ0v) is 10.7. The van der Waals surface area contributed by atoms with Gasteiger partial charge in [0.1, 0.15) is 5.82 Å². The van der Waals surface area contributed by atoms with E-state index in [-0.39, 0.29) is 18.3 Å². The standard InChI is InChI=1S/C16H13FN2O/c17-14-6-8-15(9-7-14)19-16(20)13-5-1-3-12(11-13)4-2-10-18/h1,3,5-9,11H,10,18H2,(H,19,20). The molecule has 0 saturated heterocycles. The molecule has 0 aliphatic rings. The number of benzene rings is 2. The van der Waals surface area contributed by atoms with Crippen molar-refractivity contribution in [1.29, 1.82) is 0 Å². The summed E-state index contributed by atoms with van der Waals surface area (Å²) in [5.74, 6) is 4.98. The van der Waals surface area contributed by atoms with Crippen molar-refractivity contribution in [2.24, 2.45) is 5.73 Å². The molecule has 3 N–H and O–H groups in total.